The maximum atomic E-state index is 6.07. The number of hydrogen-bond acceptors (Lipinski definition) is 2. The third kappa shape index (κ3) is 3.21. The van der Waals surface area contributed by atoms with Crippen molar-refractivity contribution in [2.45, 2.75) is 46.5 Å². The molecule has 2 rings (SSSR count). The molecule has 1 heterocycles. The predicted octanol–water partition coefficient (Wildman–Crippen LogP) is 3.95. The zero-order valence-electron chi connectivity index (χ0n) is 13.1. The summed E-state index contributed by atoms with van der Waals surface area (Å²) in [5.41, 5.74) is 9.62. The first-order valence-electron chi connectivity index (χ1n) is 7.22. The lowest BCUT2D eigenvalue weighted by Crippen LogP contribution is -2.11. The van der Waals surface area contributed by atoms with Gasteiger partial charge in [0, 0.05) is 6.07 Å². The Labute approximate surface area is 121 Å². The van der Waals surface area contributed by atoms with E-state index in [0.717, 1.165) is 17.8 Å². The molecule has 0 saturated heterocycles. The van der Waals surface area contributed by atoms with Gasteiger partial charge in [0.2, 0.25) is 0 Å². The molecule has 0 fully saturated rings. The Morgan fingerprint density at radius 2 is 1.75 bits per heavy atom. The van der Waals surface area contributed by atoms with Crippen LogP contribution in [0.15, 0.2) is 30.3 Å². The van der Waals surface area contributed by atoms with Crippen LogP contribution in [-0.2, 0) is 11.8 Å². The molecule has 0 radical (unpaired) electrons. The van der Waals surface area contributed by atoms with Gasteiger partial charge in [-0.05, 0) is 35.4 Å². The lowest BCUT2D eigenvalue weighted by Gasteiger charge is -2.19. The molecule has 108 valence electrons. The predicted molar refractivity (Wildman–Crippen MR) is 85.2 cm³/mol. The highest BCUT2D eigenvalue weighted by atomic mass is 15.3. The molecule has 3 heteroatoms. The summed E-state index contributed by atoms with van der Waals surface area (Å²) in [6, 6.07) is 10.4. The molecule has 20 heavy (non-hydrogen) atoms. The van der Waals surface area contributed by atoms with Gasteiger partial charge in [-0.25, -0.2) is 4.68 Å². The largest absolute Gasteiger partial charge is 0.384 e. The number of nitrogen functional groups attached to an aromatic ring is 1. The summed E-state index contributed by atoms with van der Waals surface area (Å²) in [6.07, 6.45) is 0.956. The zero-order chi connectivity index (χ0) is 14.9. The average Bonchev–Trinajstić information content (AvgIpc) is 2.68. The minimum atomic E-state index is 0.164. The van der Waals surface area contributed by atoms with Crippen molar-refractivity contribution in [3.05, 3.63) is 41.6 Å². The van der Waals surface area contributed by atoms with Gasteiger partial charge in [-0.2, -0.15) is 5.10 Å². The van der Waals surface area contributed by atoms with Gasteiger partial charge in [0.05, 0.1) is 11.4 Å². The van der Waals surface area contributed by atoms with Gasteiger partial charge in [-0.1, -0.05) is 46.8 Å². The molecule has 0 aliphatic heterocycles. The monoisotopic (exact) mass is 271 g/mol. The number of rotatable bonds is 3. The minimum absolute atomic E-state index is 0.164. The van der Waals surface area contributed by atoms with E-state index in [-0.39, 0.29) is 5.41 Å². The van der Waals surface area contributed by atoms with E-state index in [9.17, 15) is 0 Å². The summed E-state index contributed by atoms with van der Waals surface area (Å²) in [5.74, 6) is 1.28. The molecular formula is C17H25N3. The van der Waals surface area contributed by atoms with E-state index in [1.165, 1.54) is 5.56 Å². The second-order valence-electron chi connectivity index (χ2n) is 6.87. The SMILES string of the molecule is CC(C)Cc1cc(N)n(-c2ccc(C(C)(C)C)cc2)n1. The average molecular weight is 271 g/mol. The smallest absolute Gasteiger partial charge is 0.127 e. The van der Waals surface area contributed by atoms with Crippen LogP contribution in [0.5, 0.6) is 0 Å². The van der Waals surface area contributed by atoms with Gasteiger partial charge < -0.3 is 5.73 Å². The maximum Gasteiger partial charge on any atom is 0.127 e. The molecule has 0 unspecified atom stereocenters. The van der Waals surface area contributed by atoms with Crippen LogP contribution < -0.4 is 5.73 Å². The van der Waals surface area contributed by atoms with Crippen molar-refractivity contribution in [1.29, 1.82) is 0 Å². The van der Waals surface area contributed by atoms with Crippen LogP contribution >= 0.6 is 0 Å². The molecule has 2 aromatic rings. The Hall–Kier alpha value is -1.77. The fourth-order valence-corrected chi connectivity index (χ4v) is 2.27. The molecule has 3 nitrogen and oxygen atoms in total. The topological polar surface area (TPSA) is 43.8 Å². The van der Waals surface area contributed by atoms with Crippen molar-refractivity contribution in [2.24, 2.45) is 5.92 Å². The van der Waals surface area contributed by atoms with Gasteiger partial charge in [0.15, 0.2) is 0 Å². The highest BCUT2D eigenvalue weighted by Crippen LogP contribution is 2.24. The second-order valence-corrected chi connectivity index (χ2v) is 6.87. The van der Waals surface area contributed by atoms with Crippen LogP contribution in [0.25, 0.3) is 5.69 Å². The first kappa shape index (κ1) is 14.6. The maximum absolute atomic E-state index is 6.07. The summed E-state index contributed by atoms with van der Waals surface area (Å²) >= 11 is 0. The van der Waals surface area contributed by atoms with E-state index in [1.807, 2.05) is 10.7 Å². The molecule has 1 aromatic carbocycles. The van der Waals surface area contributed by atoms with Gasteiger partial charge in [-0.15, -0.1) is 0 Å². The Morgan fingerprint density at radius 1 is 1.15 bits per heavy atom. The first-order valence-corrected chi connectivity index (χ1v) is 7.22. The molecule has 0 saturated carbocycles. The minimum Gasteiger partial charge on any atom is -0.384 e. The van der Waals surface area contributed by atoms with Gasteiger partial charge in [0.25, 0.3) is 0 Å². The molecular weight excluding hydrogens is 246 g/mol. The van der Waals surface area contributed by atoms with Crippen LogP contribution in [0.4, 0.5) is 5.82 Å². The summed E-state index contributed by atoms with van der Waals surface area (Å²) in [5, 5.41) is 4.60. The van der Waals surface area contributed by atoms with Crippen molar-refractivity contribution in [3.63, 3.8) is 0 Å². The second kappa shape index (κ2) is 5.31. The molecule has 1 aromatic heterocycles. The number of nitrogens with zero attached hydrogens (tertiary/aromatic N) is 2. The molecule has 0 atom stereocenters. The Kier molecular flexibility index (Phi) is 3.89. The fourth-order valence-electron chi connectivity index (χ4n) is 2.27. The summed E-state index contributed by atoms with van der Waals surface area (Å²) in [4.78, 5) is 0. The van der Waals surface area contributed by atoms with E-state index < -0.39 is 0 Å². The Balaban J connectivity index is 2.30. The number of anilines is 1. The van der Waals surface area contributed by atoms with E-state index in [1.54, 1.807) is 0 Å². The summed E-state index contributed by atoms with van der Waals surface area (Å²) in [6.45, 7) is 11.0. The summed E-state index contributed by atoms with van der Waals surface area (Å²) in [7, 11) is 0. The lowest BCUT2D eigenvalue weighted by molar-refractivity contribution is 0.590. The van der Waals surface area contributed by atoms with Gasteiger partial charge in [-0.3, -0.25) is 0 Å². The normalized spacial score (nSPS) is 12.1. The van der Waals surface area contributed by atoms with Crippen molar-refractivity contribution < 1.29 is 0 Å². The molecule has 2 N–H and O–H groups in total. The van der Waals surface area contributed by atoms with Gasteiger partial charge in [0.1, 0.15) is 5.82 Å². The van der Waals surface area contributed by atoms with Gasteiger partial charge >= 0.3 is 0 Å². The standard InChI is InChI=1S/C17H25N3/c1-12(2)10-14-11-16(18)20(19-14)15-8-6-13(7-9-15)17(3,4)5/h6-9,11-12H,10,18H2,1-5H3. The van der Waals surface area contributed by atoms with E-state index in [0.29, 0.717) is 11.7 Å². The van der Waals surface area contributed by atoms with Crippen molar-refractivity contribution in [3.8, 4) is 5.69 Å². The molecule has 0 bridgehead atoms. The number of aromatic nitrogens is 2. The third-order valence-electron chi connectivity index (χ3n) is 3.38. The van der Waals surface area contributed by atoms with E-state index >= 15 is 0 Å². The number of benzene rings is 1. The van der Waals surface area contributed by atoms with Crippen LogP contribution in [0.1, 0.15) is 45.9 Å². The molecule has 0 spiro atoms. The number of nitrogens with two attached hydrogens (primary N) is 1. The zero-order valence-corrected chi connectivity index (χ0v) is 13.1. The van der Waals surface area contributed by atoms with Crippen LogP contribution in [0.3, 0.4) is 0 Å². The van der Waals surface area contributed by atoms with Crippen LogP contribution in [-0.4, -0.2) is 9.78 Å². The molecule has 0 aliphatic carbocycles. The van der Waals surface area contributed by atoms with Crippen LogP contribution in [0.2, 0.25) is 0 Å². The van der Waals surface area contributed by atoms with Crippen molar-refractivity contribution >= 4 is 5.82 Å². The highest BCUT2D eigenvalue weighted by molar-refractivity contribution is 5.44. The molecule has 0 aliphatic rings. The molecule has 0 amide bonds. The quantitative estimate of drug-likeness (QED) is 0.918. The highest BCUT2D eigenvalue weighted by Gasteiger charge is 2.14. The van der Waals surface area contributed by atoms with E-state index in [2.05, 4.69) is 64.0 Å². The van der Waals surface area contributed by atoms with Crippen molar-refractivity contribution in [2.75, 3.05) is 5.73 Å². The summed E-state index contributed by atoms with van der Waals surface area (Å²) < 4.78 is 1.82. The van der Waals surface area contributed by atoms with Crippen LogP contribution in [0, 0.1) is 5.92 Å². The third-order valence-corrected chi connectivity index (χ3v) is 3.38. The Bertz CT molecular complexity index is 571. The first-order chi connectivity index (χ1) is 9.27. The van der Waals surface area contributed by atoms with Crippen molar-refractivity contribution in [1.82, 2.24) is 9.78 Å². The number of hydrogen-bond donors (Lipinski definition) is 1. The van der Waals surface area contributed by atoms with E-state index in [4.69, 9.17) is 5.73 Å². The Morgan fingerprint density at radius 3 is 2.25 bits per heavy atom. The fraction of sp³-hybridized carbons (Fsp3) is 0.471. The lowest BCUT2D eigenvalue weighted by atomic mass is 9.87.